The fraction of sp³-hybridized carbons (Fsp3) is 0.0667. The van der Waals surface area contributed by atoms with E-state index in [0.29, 0.717) is 5.88 Å². The van der Waals surface area contributed by atoms with E-state index >= 15 is 0 Å². The molecule has 0 saturated carbocycles. The number of ether oxygens (including phenoxy) is 1. The summed E-state index contributed by atoms with van der Waals surface area (Å²) < 4.78 is 8.88. The molecule has 0 fully saturated rings. The Labute approximate surface area is 119 Å². The summed E-state index contributed by atoms with van der Waals surface area (Å²) in [6, 6.07) is 13.8. The summed E-state index contributed by atoms with van der Waals surface area (Å²) in [5, 5.41) is 5.32. The number of pyridine rings is 1. The van der Waals surface area contributed by atoms with Gasteiger partial charge in [-0.1, -0.05) is 6.07 Å². The molecule has 0 saturated heterocycles. The van der Waals surface area contributed by atoms with Crippen molar-refractivity contribution in [2.45, 2.75) is 6.92 Å². The van der Waals surface area contributed by atoms with Gasteiger partial charge in [-0.3, -0.25) is 0 Å². The molecular weight excluding hydrogens is 270 g/mol. The number of nitrogens with zero attached hydrogens (tertiary/aromatic N) is 3. The van der Waals surface area contributed by atoms with Crippen molar-refractivity contribution in [3.63, 3.8) is 0 Å². The molecule has 98 valence electrons. The number of thiazole rings is 1. The van der Waals surface area contributed by atoms with E-state index in [9.17, 15) is 0 Å². The van der Waals surface area contributed by atoms with Gasteiger partial charge < -0.3 is 4.74 Å². The number of rotatable bonds is 2. The number of aromatic nitrogens is 3. The van der Waals surface area contributed by atoms with Gasteiger partial charge in [0.05, 0.1) is 26.9 Å². The van der Waals surface area contributed by atoms with Crippen molar-refractivity contribution >= 4 is 27.1 Å². The minimum Gasteiger partial charge on any atom is -0.439 e. The van der Waals surface area contributed by atoms with Crippen LogP contribution in [0, 0.1) is 6.92 Å². The van der Waals surface area contributed by atoms with Gasteiger partial charge >= 0.3 is 0 Å². The molecule has 20 heavy (non-hydrogen) atoms. The molecule has 0 amide bonds. The van der Waals surface area contributed by atoms with E-state index in [-0.39, 0.29) is 0 Å². The van der Waals surface area contributed by atoms with E-state index in [1.807, 2.05) is 49.4 Å². The predicted molar refractivity (Wildman–Crippen MR) is 79.6 cm³/mol. The molecule has 4 rings (SSSR count). The molecule has 4 nitrogen and oxygen atoms in total. The molecule has 5 heteroatoms. The lowest BCUT2D eigenvalue weighted by atomic mass is 10.3. The first-order chi connectivity index (χ1) is 9.79. The molecule has 0 bridgehead atoms. The summed E-state index contributed by atoms with van der Waals surface area (Å²) in [5.74, 6) is 1.46. The van der Waals surface area contributed by atoms with Gasteiger partial charge in [0.2, 0.25) is 5.88 Å². The largest absolute Gasteiger partial charge is 0.439 e. The smallest absolute Gasteiger partial charge is 0.220 e. The summed E-state index contributed by atoms with van der Waals surface area (Å²) in [4.78, 5) is 4.48. The van der Waals surface area contributed by atoms with Gasteiger partial charge in [-0.15, -0.1) is 11.3 Å². The molecule has 0 atom stereocenters. The molecule has 0 N–H and O–H groups in total. The Morgan fingerprint density at radius 1 is 1.15 bits per heavy atom. The summed E-state index contributed by atoms with van der Waals surface area (Å²) in [5.41, 5.74) is 1.98. The van der Waals surface area contributed by atoms with Gasteiger partial charge in [-0.25, -0.2) is 9.50 Å². The number of hydrogen-bond donors (Lipinski definition) is 0. The molecule has 3 heterocycles. The third-order valence-corrected chi connectivity index (χ3v) is 4.03. The molecule has 0 radical (unpaired) electrons. The molecule has 0 aliphatic heterocycles. The Balaban J connectivity index is 1.78. The van der Waals surface area contributed by atoms with Crippen molar-refractivity contribution in [3.05, 3.63) is 53.7 Å². The number of aryl methyl sites for hydroxylation is 1. The van der Waals surface area contributed by atoms with Gasteiger partial charge in [-0.05, 0) is 31.2 Å². The van der Waals surface area contributed by atoms with Gasteiger partial charge in [0.15, 0.2) is 0 Å². The summed E-state index contributed by atoms with van der Waals surface area (Å²) >= 11 is 1.69. The second-order valence-corrected chi connectivity index (χ2v) is 5.73. The van der Waals surface area contributed by atoms with Crippen LogP contribution in [0.2, 0.25) is 0 Å². The number of benzene rings is 1. The zero-order chi connectivity index (χ0) is 13.5. The Morgan fingerprint density at radius 2 is 2.10 bits per heavy atom. The maximum Gasteiger partial charge on any atom is 0.220 e. The molecule has 0 spiro atoms. The van der Waals surface area contributed by atoms with Crippen LogP contribution in [0.5, 0.6) is 11.6 Å². The predicted octanol–water partition coefficient (Wildman–Crippen LogP) is 4.04. The van der Waals surface area contributed by atoms with Crippen LogP contribution in [0.4, 0.5) is 0 Å². The van der Waals surface area contributed by atoms with Crippen LogP contribution in [0.1, 0.15) is 5.01 Å². The third-order valence-electron chi connectivity index (χ3n) is 3.07. The first kappa shape index (κ1) is 11.4. The third kappa shape index (κ3) is 1.83. The van der Waals surface area contributed by atoms with Crippen LogP contribution < -0.4 is 4.74 Å². The van der Waals surface area contributed by atoms with Crippen LogP contribution in [0.15, 0.2) is 48.7 Å². The highest BCUT2D eigenvalue weighted by atomic mass is 32.1. The van der Waals surface area contributed by atoms with E-state index in [2.05, 4.69) is 10.1 Å². The molecule has 3 aromatic heterocycles. The quantitative estimate of drug-likeness (QED) is 0.556. The van der Waals surface area contributed by atoms with Crippen LogP contribution in [0.3, 0.4) is 0 Å². The van der Waals surface area contributed by atoms with E-state index < -0.39 is 0 Å². The summed E-state index contributed by atoms with van der Waals surface area (Å²) in [7, 11) is 0. The molecule has 4 aromatic rings. The Hall–Kier alpha value is -2.40. The highest BCUT2D eigenvalue weighted by molar-refractivity contribution is 7.18. The average Bonchev–Trinajstić information content (AvgIpc) is 3.03. The van der Waals surface area contributed by atoms with Crippen molar-refractivity contribution in [2.75, 3.05) is 0 Å². The highest BCUT2D eigenvalue weighted by Crippen LogP contribution is 2.28. The summed E-state index contributed by atoms with van der Waals surface area (Å²) in [6.45, 7) is 2.01. The molecule has 0 unspecified atom stereocenters. The number of hydrogen-bond acceptors (Lipinski definition) is 4. The van der Waals surface area contributed by atoms with Crippen molar-refractivity contribution in [1.82, 2.24) is 14.6 Å². The minimum absolute atomic E-state index is 0.693. The van der Waals surface area contributed by atoms with E-state index in [0.717, 1.165) is 21.8 Å². The van der Waals surface area contributed by atoms with Crippen LogP contribution in [-0.4, -0.2) is 14.6 Å². The monoisotopic (exact) mass is 281 g/mol. The highest BCUT2D eigenvalue weighted by Gasteiger charge is 2.06. The minimum atomic E-state index is 0.693. The van der Waals surface area contributed by atoms with Gasteiger partial charge in [0.25, 0.3) is 0 Å². The van der Waals surface area contributed by atoms with Gasteiger partial charge in [0, 0.05) is 12.1 Å². The van der Waals surface area contributed by atoms with Crippen LogP contribution >= 0.6 is 11.3 Å². The second kappa shape index (κ2) is 4.31. The summed E-state index contributed by atoms with van der Waals surface area (Å²) in [6.07, 6.45) is 1.76. The molecule has 0 aliphatic rings. The Kier molecular flexibility index (Phi) is 2.47. The van der Waals surface area contributed by atoms with Crippen molar-refractivity contribution < 1.29 is 4.74 Å². The fourth-order valence-electron chi connectivity index (χ4n) is 2.21. The van der Waals surface area contributed by atoms with Crippen molar-refractivity contribution in [2.24, 2.45) is 0 Å². The lowest BCUT2D eigenvalue weighted by Gasteiger charge is -2.07. The Bertz CT molecular complexity index is 910. The molecule has 1 aromatic carbocycles. The molecular formula is C15H11N3OS. The van der Waals surface area contributed by atoms with E-state index in [4.69, 9.17) is 4.74 Å². The first-order valence-electron chi connectivity index (χ1n) is 6.27. The zero-order valence-electron chi connectivity index (χ0n) is 10.8. The van der Waals surface area contributed by atoms with Crippen molar-refractivity contribution in [3.8, 4) is 11.6 Å². The maximum atomic E-state index is 5.93. The van der Waals surface area contributed by atoms with Gasteiger partial charge in [-0.2, -0.15) is 5.10 Å². The normalized spacial score (nSPS) is 11.2. The maximum absolute atomic E-state index is 5.93. The standard InChI is InChI=1S/C15H11N3OS/c1-10-17-13-9-12(5-6-14(13)20-10)19-15-4-2-3-11-7-8-16-18(11)15/h2-9H,1H3. The Morgan fingerprint density at radius 3 is 3.05 bits per heavy atom. The zero-order valence-corrected chi connectivity index (χ0v) is 11.6. The number of fused-ring (bicyclic) bond motifs is 2. The van der Waals surface area contributed by atoms with Crippen LogP contribution in [-0.2, 0) is 0 Å². The lowest BCUT2D eigenvalue weighted by molar-refractivity contribution is 0.448. The van der Waals surface area contributed by atoms with Crippen molar-refractivity contribution in [1.29, 1.82) is 0 Å². The van der Waals surface area contributed by atoms with Crippen LogP contribution in [0.25, 0.3) is 15.7 Å². The fourth-order valence-corrected chi connectivity index (χ4v) is 3.01. The topological polar surface area (TPSA) is 39.4 Å². The lowest BCUT2D eigenvalue weighted by Crippen LogP contribution is -1.94. The molecule has 0 aliphatic carbocycles. The SMILES string of the molecule is Cc1nc2cc(Oc3cccc4ccnn34)ccc2s1. The average molecular weight is 281 g/mol. The van der Waals surface area contributed by atoms with Gasteiger partial charge in [0.1, 0.15) is 5.75 Å². The second-order valence-electron chi connectivity index (χ2n) is 4.50. The van der Waals surface area contributed by atoms with E-state index in [1.54, 1.807) is 22.0 Å². The first-order valence-corrected chi connectivity index (χ1v) is 7.09. The van der Waals surface area contributed by atoms with E-state index in [1.165, 1.54) is 4.70 Å².